The molecule has 0 atom stereocenters. The number of carbonyl (C=O) groups excluding carboxylic acids is 1. The summed E-state index contributed by atoms with van der Waals surface area (Å²) >= 11 is 3.35. The second kappa shape index (κ2) is 4.83. The SMILES string of the molecule is CC#CC(=O)Nc1cc(C)ccc1Br. The van der Waals surface area contributed by atoms with Crippen LogP contribution in [0.2, 0.25) is 0 Å². The number of nitrogens with one attached hydrogen (secondary N) is 1. The maximum absolute atomic E-state index is 11.2. The van der Waals surface area contributed by atoms with Gasteiger partial charge in [0.2, 0.25) is 0 Å². The van der Waals surface area contributed by atoms with Crippen molar-refractivity contribution < 1.29 is 4.79 Å². The van der Waals surface area contributed by atoms with Gasteiger partial charge in [-0.15, -0.1) is 0 Å². The van der Waals surface area contributed by atoms with Crippen LogP contribution in [-0.2, 0) is 4.79 Å². The second-order valence-corrected chi connectivity index (χ2v) is 3.67. The van der Waals surface area contributed by atoms with Crippen molar-refractivity contribution in [2.45, 2.75) is 13.8 Å². The maximum atomic E-state index is 11.2. The highest BCUT2D eigenvalue weighted by molar-refractivity contribution is 9.10. The number of rotatable bonds is 1. The van der Waals surface area contributed by atoms with E-state index in [0.29, 0.717) is 0 Å². The number of halogens is 1. The van der Waals surface area contributed by atoms with Gasteiger partial charge in [0, 0.05) is 4.47 Å². The van der Waals surface area contributed by atoms with Crippen LogP contribution in [0.1, 0.15) is 12.5 Å². The van der Waals surface area contributed by atoms with Crippen molar-refractivity contribution in [3.63, 3.8) is 0 Å². The molecule has 2 nitrogen and oxygen atoms in total. The lowest BCUT2D eigenvalue weighted by Gasteiger charge is -2.04. The van der Waals surface area contributed by atoms with E-state index >= 15 is 0 Å². The molecule has 0 bridgehead atoms. The van der Waals surface area contributed by atoms with Gasteiger partial charge in [-0.3, -0.25) is 4.79 Å². The number of anilines is 1. The quantitative estimate of drug-likeness (QED) is 0.765. The van der Waals surface area contributed by atoms with E-state index in [1.807, 2.05) is 25.1 Å². The first kappa shape index (κ1) is 10.8. The predicted octanol–water partition coefficient (Wildman–Crippen LogP) is 2.72. The van der Waals surface area contributed by atoms with Crippen molar-refractivity contribution in [3.05, 3.63) is 28.2 Å². The van der Waals surface area contributed by atoms with E-state index in [1.165, 1.54) is 0 Å². The number of benzene rings is 1. The number of hydrogen-bond donors (Lipinski definition) is 1. The molecular weight excluding hydrogens is 242 g/mol. The molecule has 0 aliphatic rings. The molecule has 1 amide bonds. The van der Waals surface area contributed by atoms with Gasteiger partial charge in [-0.2, -0.15) is 0 Å². The Kier molecular flexibility index (Phi) is 3.73. The molecule has 0 aliphatic carbocycles. The molecule has 0 unspecified atom stereocenters. The average molecular weight is 252 g/mol. The molecular formula is C11H10BrNO. The standard InChI is InChI=1S/C11H10BrNO/c1-3-4-11(14)13-10-7-8(2)5-6-9(10)12/h5-7H,1-2H3,(H,13,14). The third kappa shape index (κ3) is 2.90. The first-order chi connectivity index (χ1) is 6.63. The Morgan fingerprint density at radius 1 is 1.50 bits per heavy atom. The fourth-order valence-electron chi connectivity index (χ4n) is 1.00. The van der Waals surface area contributed by atoms with E-state index < -0.39 is 0 Å². The van der Waals surface area contributed by atoms with Gasteiger partial charge in [-0.25, -0.2) is 0 Å². The summed E-state index contributed by atoms with van der Waals surface area (Å²) in [7, 11) is 0. The molecule has 72 valence electrons. The zero-order valence-electron chi connectivity index (χ0n) is 8.02. The average Bonchev–Trinajstić information content (AvgIpc) is 2.12. The number of hydrogen-bond acceptors (Lipinski definition) is 1. The summed E-state index contributed by atoms with van der Waals surface area (Å²) in [5, 5.41) is 2.69. The first-order valence-electron chi connectivity index (χ1n) is 4.13. The fourth-order valence-corrected chi connectivity index (χ4v) is 1.35. The van der Waals surface area contributed by atoms with E-state index in [0.717, 1.165) is 15.7 Å². The number of carbonyl (C=O) groups is 1. The van der Waals surface area contributed by atoms with Crippen LogP contribution in [0.4, 0.5) is 5.69 Å². The molecule has 1 N–H and O–H groups in total. The van der Waals surface area contributed by atoms with Crippen molar-refractivity contribution in [1.29, 1.82) is 0 Å². The molecule has 0 fully saturated rings. The fraction of sp³-hybridized carbons (Fsp3) is 0.182. The van der Waals surface area contributed by atoms with Gasteiger partial charge in [0.1, 0.15) is 0 Å². The molecule has 1 aromatic carbocycles. The molecule has 0 saturated carbocycles. The topological polar surface area (TPSA) is 29.1 Å². The summed E-state index contributed by atoms with van der Waals surface area (Å²) in [5.41, 5.74) is 1.84. The van der Waals surface area contributed by atoms with E-state index in [-0.39, 0.29) is 5.91 Å². The summed E-state index contributed by atoms with van der Waals surface area (Å²) in [6.07, 6.45) is 0. The van der Waals surface area contributed by atoms with Crippen LogP contribution in [0, 0.1) is 18.8 Å². The minimum absolute atomic E-state index is 0.293. The number of amides is 1. The molecule has 0 radical (unpaired) electrons. The van der Waals surface area contributed by atoms with Gasteiger partial charge >= 0.3 is 0 Å². The zero-order chi connectivity index (χ0) is 10.6. The highest BCUT2D eigenvalue weighted by Crippen LogP contribution is 2.22. The molecule has 1 rings (SSSR count). The third-order valence-electron chi connectivity index (χ3n) is 1.61. The van der Waals surface area contributed by atoms with Crippen LogP contribution in [0.25, 0.3) is 0 Å². The van der Waals surface area contributed by atoms with Crippen LogP contribution in [0.5, 0.6) is 0 Å². The molecule has 0 heterocycles. The Hall–Kier alpha value is -1.27. The molecule has 0 saturated heterocycles. The Morgan fingerprint density at radius 2 is 2.21 bits per heavy atom. The lowest BCUT2D eigenvalue weighted by atomic mass is 10.2. The van der Waals surface area contributed by atoms with Crippen LogP contribution < -0.4 is 5.32 Å². The molecule has 1 aromatic rings. The van der Waals surface area contributed by atoms with Gasteiger partial charge in [0.15, 0.2) is 0 Å². The lowest BCUT2D eigenvalue weighted by Crippen LogP contribution is -2.08. The highest BCUT2D eigenvalue weighted by Gasteiger charge is 2.02. The Labute approximate surface area is 91.8 Å². The summed E-state index contributed by atoms with van der Waals surface area (Å²) in [6, 6.07) is 5.74. The maximum Gasteiger partial charge on any atom is 0.300 e. The van der Waals surface area contributed by atoms with Crippen LogP contribution in [-0.4, -0.2) is 5.91 Å². The van der Waals surface area contributed by atoms with Crippen molar-refractivity contribution >= 4 is 27.5 Å². The van der Waals surface area contributed by atoms with Crippen molar-refractivity contribution in [2.75, 3.05) is 5.32 Å². The lowest BCUT2D eigenvalue weighted by molar-refractivity contribution is -0.111. The third-order valence-corrected chi connectivity index (χ3v) is 2.30. The Morgan fingerprint density at radius 3 is 2.86 bits per heavy atom. The summed E-state index contributed by atoms with van der Waals surface area (Å²) < 4.78 is 0.856. The van der Waals surface area contributed by atoms with E-state index in [2.05, 4.69) is 33.1 Å². The monoisotopic (exact) mass is 251 g/mol. The van der Waals surface area contributed by atoms with E-state index in [4.69, 9.17) is 0 Å². The molecule has 0 aliphatic heterocycles. The van der Waals surface area contributed by atoms with Crippen LogP contribution >= 0.6 is 15.9 Å². The number of aryl methyl sites for hydroxylation is 1. The van der Waals surface area contributed by atoms with Gasteiger partial charge in [-0.1, -0.05) is 12.0 Å². The highest BCUT2D eigenvalue weighted by atomic mass is 79.9. The Balaban J connectivity index is 2.89. The first-order valence-corrected chi connectivity index (χ1v) is 4.92. The minimum Gasteiger partial charge on any atom is -0.314 e. The summed E-state index contributed by atoms with van der Waals surface area (Å²) in [4.78, 5) is 11.2. The molecule has 3 heteroatoms. The van der Waals surface area contributed by atoms with Gasteiger partial charge in [-0.05, 0) is 53.4 Å². The molecule has 0 aromatic heterocycles. The van der Waals surface area contributed by atoms with E-state index in [1.54, 1.807) is 6.92 Å². The smallest absolute Gasteiger partial charge is 0.300 e. The largest absolute Gasteiger partial charge is 0.314 e. The van der Waals surface area contributed by atoms with Crippen LogP contribution in [0.15, 0.2) is 22.7 Å². The predicted molar refractivity (Wildman–Crippen MR) is 61.0 cm³/mol. The normalized spacial score (nSPS) is 8.79. The zero-order valence-corrected chi connectivity index (χ0v) is 9.60. The second-order valence-electron chi connectivity index (χ2n) is 2.81. The van der Waals surface area contributed by atoms with Gasteiger partial charge in [0.25, 0.3) is 5.91 Å². The molecule has 0 spiro atoms. The van der Waals surface area contributed by atoms with E-state index in [9.17, 15) is 4.79 Å². The van der Waals surface area contributed by atoms with Gasteiger partial charge in [0.05, 0.1) is 5.69 Å². The molecule has 14 heavy (non-hydrogen) atoms. The van der Waals surface area contributed by atoms with Crippen molar-refractivity contribution in [1.82, 2.24) is 0 Å². The van der Waals surface area contributed by atoms with Gasteiger partial charge < -0.3 is 5.32 Å². The summed E-state index contributed by atoms with van der Waals surface area (Å²) in [6.45, 7) is 3.60. The summed E-state index contributed by atoms with van der Waals surface area (Å²) in [5.74, 6) is 4.67. The minimum atomic E-state index is -0.293. The van der Waals surface area contributed by atoms with Crippen molar-refractivity contribution in [2.24, 2.45) is 0 Å². The van der Waals surface area contributed by atoms with Crippen LogP contribution in [0.3, 0.4) is 0 Å². The van der Waals surface area contributed by atoms with Crippen molar-refractivity contribution in [3.8, 4) is 11.8 Å². The Bertz CT molecular complexity index is 415.